The van der Waals surface area contributed by atoms with Gasteiger partial charge in [0.15, 0.2) is 0 Å². The smallest absolute Gasteiger partial charge is 0.319 e. The van der Waals surface area contributed by atoms with Gasteiger partial charge in [0.25, 0.3) is 0 Å². The third-order valence-corrected chi connectivity index (χ3v) is 3.56. The van der Waals surface area contributed by atoms with Crippen LogP contribution in [0.4, 0.5) is 4.39 Å². The van der Waals surface area contributed by atoms with Crippen LogP contribution in [0.1, 0.15) is 24.0 Å². The van der Waals surface area contributed by atoms with Crippen molar-refractivity contribution >= 4 is 11.9 Å². The first-order valence-corrected chi connectivity index (χ1v) is 6.11. The molecule has 1 aliphatic rings. The summed E-state index contributed by atoms with van der Waals surface area (Å²) in [6.45, 7) is 1.94. The number of carboxylic acid groups (broad SMARTS) is 1. The molecule has 0 atom stereocenters. The zero-order chi connectivity index (χ0) is 14.2. The SMILES string of the molecule is Cc1cc(CN(C)C(=O)C2(C(=O)O)CC2)ccc1F. The highest BCUT2D eigenvalue weighted by Crippen LogP contribution is 2.47. The van der Waals surface area contributed by atoms with Gasteiger partial charge in [0.05, 0.1) is 0 Å². The first-order chi connectivity index (χ1) is 8.86. The van der Waals surface area contributed by atoms with Crippen molar-refractivity contribution in [2.24, 2.45) is 5.41 Å². The second-order valence-electron chi connectivity index (χ2n) is 5.13. The normalized spacial score (nSPS) is 15.9. The first-order valence-electron chi connectivity index (χ1n) is 6.11. The van der Waals surface area contributed by atoms with E-state index in [4.69, 9.17) is 5.11 Å². The molecule has 1 aromatic carbocycles. The van der Waals surface area contributed by atoms with Crippen molar-refractivity contribution in [2.75, 3.05) is 7.05 Å². The van der Waals surface area contributed by atoms with Gasteiger partial charge in [0, 0.05) is 13.6 Å². The van der Waals surface area contributed by atoms with Crippen molar-refractivity contribution in [3.05, 3.63) is 35.1 Å². The maximum Gasteiger partial charge on any atom is 0.319 e. The molecular formula is C14H16FNO3. The van der Waals surface area contributed by atoms with E-state index >= 15 is 0 Å². The number of carbonyl (C=O) groups is 2. The van der Waals surface area contributed by atoms with Gasteiger partial charge in [-0.3, -0.25) is 9.59 Å². The third kappa shape index (κ3) is 2.45. The summed E-state index contributed by atoms with van der Waals surface area (Å²) in [4.78, 5) is 24.6. The summed E-state index contributed by atoms with van der Waals surface area (Å²) in [5.74, 6) is -1.72. The fourth-order valence-electron chi connectivity index (χ4n) is 2.16. The molecule has 2 rings (SSSR count). The Balaban J connectivity index is 2.09. The molecule has 0 aliphatic heterocycles. The van der Waals surface area contributed by atoms with E-state index in [0.717, 1.165) is 5.56 Å². The lowest BCUT2D eigenvalue weighted by molar-refractivity contribution is -0.153. The fourth-order valence-corrected chi connectivity index (χ4v) is 2.16. The number of carbonyl (C=O) groups excluding carboxylic acids is 1. The summed E-state index contributed by atoms with van der Waals surface area (Å²) in [5, 5.41) is 9.07. The zero-order valence-electron chi connectivity index (χ0n) is 10.9. The number of carboxylic acids is 1. The van der Waals surface area contributed by atoms with Crippen LogP contribution in [0.5, 0.6) is 0 Å². The number of benzene rings is 1. The number of hydrogen-bond donors (Lipinski definition) is 1. The molecule has 1 aromatic rings. The van der Waals surface area contributed by atoms with Crippen LogP contribution < -0.4 is 0 Å². The fraction of sp³-hybridized carbons (Fsp3) is 0.429. The second-order valence-corrected chi connectivity index (χ2v) is 5.13. The quantitative estimate of drug-likeness (QED) is 0.847. The van der Waals surface area contributed by atoms with Gasteiger partial charge in [-0.25, -0.2) is 4.39 Å². The number of rotatable bonds is 4. The molecule has 1 saturated carbocycles. The van der Waals surface area contributed by atoms with Crippen molar-refractivity contribution in [3.63, 3.8) is 0 Å². The van der Waals surface area contributed by atoms with Gasteiger partial charge < -0.3 is 10.0 Å². The van der Waals surface area contributed by atoms with Gasteiger partial charge in [0.1, 0.15) is 11.2 Å². The van der Waals surface area contributed by atoms with Crippen molar-refractivity contribution in [1.82, 2.24) is 4.90 Å². The van der Waals surface area contributed by atoms with Gasteiger partial charge in [-0.1, -0.05) is 12.1 Å². The summed E-state index contributed by atoms with van der Waals surface area (Å²) >= 11 is 0. The number of aliphatic carboxylic acids is 1. The molecule has 5 heteroatoms. The van der Waals surface area contributed by atoms with Crippen LogP contribution in [0.3, 0.4) is 0 Å². The molecule has 1 fully saturated rings. The van der Waals surface area contributed by atoms with Gasteiger partial charge in [-0.05, 0) is 37.0 Å². The Morgan fingerprint density at radius 2 is 2.05 bits per heavy atom. The Bertz CT molecular complexity index is 537. The number of halogens is 1. The van der Waals surface area contributed by atoms with Gasteiger partial charge in [0.2, 0.25) is 5.91 Å². The highest BCUT2D eigenvalue weighted by molar-refractivity contribution is 6.04. The number of amides is 1. The van der Waals surface area contributed by atoms with E-state index in [1.54, 1.807) is 26.1 Å². The highest BCUT2D eigenvalue weighted by Gasteiger charge is 2.58. The maximum atomic E-state index is 13.1. The molecule has 19 heavy (non-hydrogen) atoms. The molecule has 0 bridgehead atoms. The van der Waals surface area contributed by atoms with E-state index in [1.807, 2.05) is 0 Å². The Hall–Kier alpha value is -1.91. The average molecular weight is 265 g/mol. The maximum absolute atomic E-state index is 13.1. The number of aryl methyl sites for hydroxylation is 1. The molecule has 0 saturated heterocycles. The molecule has 1 N–H and O–H groups in total. The molecule has 0 unspecified atom stereocenters. The largest absolute Gasteiger partial charge is 0.480 e. The van der Waals surface area contributed by atoms with E-state index in [9.17, 15) is 14.0 Å². The molecule has 0 spiro atoms. The summed E-state index contributed by atoms with van der Waals surface area (Å²) < 4.78 is 13.1. The van der Waals surface area contributed by atoms with Gasteiger partial charge in [-0.15, -0.1) is 0 Å². The van der Waals surface area contributed by atoms with Gasteiger partial charge in [-0.2, -0.15) is 0 Å². The predicted octanol–water partition coefficient (Wildman–Crippen LogP) is 1.96. The first kappa shape index (κ1) is 13.5. The van der Waals surface area contributed by atoms with Crippen LogP contribution in [0, 0.1) is 18.2 Å². The third-order valence-electron chi connectivity index (χ3n) is 3.56. The summed E-state index contributed by atoms with van der Waals surface area (Å²) in [7, 11) is 1.57. The molecule has 0 heterocycles. The van der Waals surface area contributed by atoms with Crippen LogP contribution in [0.15, 0.2) is 18.2 Å². The summed E-state index contributed by atoms with van der Waals surface area (Å²) in [6, 6.07) is 4.62. The minimum absolute atomic E-state index is 0.287. The molecule has 4 nitrogen and oxygen atoms in total. The topological polar surface area (TPSA) is 57.6 Å². The Morgan fingerprint density at radius 3 is 2.53 bits per heavy atom. The standard InChI is InChI=1S/C14H16FNO3/c1-9-7-10(3-4-11(9)15)8-16(2)12(17)14(5-6-14)13(18)19/h3-4,7H,5-6,8H2,1-2H3,(H,18,19). The van der Waals surface area contributed by atoms with Crippen molar-refractivity contribution < 1.29 is 19.1 Å². The van der Waals surface area contributed by atoms with Crippen LogP contribution in [0.2, 0.25) is 0 Å². The Morgan fingerprint density at radius 1 is 1.42 bits per heavy atom. The van der Waals surface area contributed by atoms with E-state index in [0.29, 0.717) is 18.4 Å². The van der Waals surface area contributed by atoms with Crippen LogP contribution in [0.25, 0.3) is 0 Å². The van der Waals surface area contributed by atoms with Crippen molar-refractivity contribution in [2.45, 2.75) is 26.3 Å². The molecule has 1 amide bonds. The van der Waals surface area contributed by atoms with Crippen LogP contribution in [-0.4, -0.2) is 28.9 Å². The number of nitrogens with zero attached hydrogens (tertiary/aromatic N) is 1. The van der Waals surface area contributed by atoms with E-state index < -0.39 is 11.4 Å². The molecule has 0 radical (unpaired) electrons. The van der Waals surface area contributed by atoms with Crippen LogP contribution >= 0.6 is 0 Å². The number of hydrogen-bond acceptors (Lipinski definition) is 2. The van der Waals surface area contributed by atoms with Gasteiger partial charge >= 0.3 is 5.97 Å². The lowest BCUT2D eigenvalue weighted by Crippen LogP contribution is -2.38. The lowest BCUT2D eigenvalue weighted by atomic mass is 10.1. The lowest BCUT2D eigenvalue weighted by Gasteiger charge is -2.21. The monoisotopic (exact) mass is 265 g/mol. The van der Waals surface area contributed by atoms with E-state index in [-0.39, 0.29) is 18.3 Å². The molecule has 1 aliphatic carbocycles. The molecular weight excluding hydrogens is 249 g/mol. The summed E-state index contributed by atoms with van der Waals surface area (Å²) in [5.41, 5.74) is 0.0813. The van der Waals surface area contributed by atoms with E-state index in [1.165, 1.54) is 11.0 Å². The minimum Gasteiger partial charge on any atom is -0.480 e. The Kier molecular flexibility index (Phi) is 3.30. The van der Waals surface area contributed by atoms with Crippen molar-refractivity contribution in [1.29, 1.82) is 0 Å². The molecule has 102 valence electrons. The van der Waals surface area contributed by atoms with Crippen molar-refractivity contribution in [3.8, 4) is 0 Å². The molecule has 0 aromatic heterocycles. The minimum atomic E-state index is -1.22. The zero-order valence-corrected chi connectivity index (χ0v) is 10.9. The van der Waals surface area contributed by atoms with Crippen LogP contribution in [-0.2, 0) is 16.1 Å². The highest BCUT2D eigenvalue weighted by atomic mass is 19.1. The van der Waals surface area contributed by atoms with E-state index in [2.05, 4.69) is 0 Å². The predicted molar refractivity (Wildman–Crippen MR) is 66.9 cm³/mol. The average Bonchev–Trinajstić information content (AvgIpc) is 3.14. The Labute approximate surface area is 110 Å². The second kappa shape index (κ2) is 4.64. The summed E-state index contributed by atoms with van der Waals surface area (Å²) in [6.07, 6.45) is 0.794.